The summed E-state index contributed by atoms with van der Waals surface area (Å²) in [5, 5.41) is 11.8. The molecule has 4 aromatic heterocycles. The maximum atomic E-state index is 14.5. The molecule has 7 nitrogen and oxygen atoms in total. The molecule has 182 valence electrons. The van der Waals surface area contributed by atoms with Crippen molar-refractivity contribution in [2.45, 2.75) is 13.8 Å². The molecule has 4 heterocycles. The lowest BCUT2D eigenvalue weighted by molar-refractivity contribution is 0.631. The van der Waals surface area contributed by atoms with Gasteiger partial charge in [0.1, 0.15) is 11.5 Å². The van der Waals surface area contributed by atoms with Gasteiger partial charge in [-0.3, -0.25) is 10.1 Å². The fourth-order valence-electron chi connectivity index (χ4n) is 4.30. The van der Waals surface area contributed by atoms with Gasteiger partial charge < -0.3 is 10.3 Å². The zero-order valence-electron chi connectivity index (χ0n) is 20.4. The highest BCUT2D eigenvalue weighted by Crippen LogP contribution is 2.33. The number of pyridine rings is 2. The van der Waals surface area contributed by atoms with Crippen LogP contribution in [-0.4, -0.2) is 30.1 Å². The van der Waals surface area contributed by atoms with Crippen molar-refractivity contribution in [3.8, 4) is 33.8 Å². The van der Waals surface area contributed by atoms with E-state index in [0.717, 1.165) is 33.4 Å². The summed E-state index contributed by atoms with van der Waals surface area (Å²) in [6.07, 6.45) is 5.25. The van der Waals surface area contributed by atoms with Crippen molar-refractivity contribution in [2.75, 3.05) is 5.32 Å². The van der Waals surface area contributed by atoms with Crippen LogP contribution in [0.25, 0.3) is 55.8 Å². The van der Waals surface area contributed by atoms with E-state index in [2.05, 4.69) is 61.9 Å². The Morgan fingerprint density at radius 3 is 2.70 bits per heavy atom. The second-order valence-corrected chi connectivity index (χ2v) is 9.22. The van der Waals surface area contributed by atoms with Crippen molar-refractivity contribution < 1.29 is 4.39 Å². The van der Waals surface area contributed by atoms with Crippen LogP contribution in [0.5, 0.6) is 0 Å². The molecule has 3 N–H and O–H groups in total. The molecule has 0 atom stereocenters. The largest absolute Gasteiger partial charge is 0.358 e. The number of hydrogen-bond acceptors (Lipinski definition) is 5. The minimum Gasteiger partial charge on any atom is -0.358 e. The second-order valence-electron chi connectivity index (χ2n) is 9.22. The second kappa shape index (κ2) is 8.98. The van der Waals surface area contributed by atoms with Crippen molar-refractivity contribution in [1.29, 1.82) is 0 Å². The van der Waals surface area contributed by atoms with E-state index in [-0.39, 0.29) is 5.82 Å². The molecule has 37 heavy (non-hydrogen) atoms. The van der Waals surface area contributed by atoms with Crippen molar-refractivity contribution in [3.05, 3.63) is 91.3 Å². The molecule has 0 unspecified atom stereocenters. The SMILES string of the molecule is C=C(Nc1cncc(-c2ccc3[nH]nc(-c4nc5nccc(-c6ccccc6F)c5[nH]4)c3c2)c1)C(C)C. The zero-order chi connectivity index (χ0) is 25.5. The van der Waals surface area contributed by atoms with Crippen LogP contribution >= 0.6 is 0 Å². The van der Waals surface area contributed by atoms with E-state index in [4.69, 9.17) is 0 Å². The maximum Gasteiger partial charge on any atom is 0.178 e. The van der Waals surface area contributed by atoms with Gasteiger partial charge in [-0.15, -0.1) is 0 Å². The van der Waals surface area contributed by atoms with E-state index in [1.54, 1.807) is 30.6 Å². The molecular formula is C29H24FN7. The van der Waals surface area contributed by atoms with Crippen LogP contribution in [0.15, 0.2) is 85.5 Å². The average Bonchev–Trinajstić information content (AvgIpc) is 3.53. The first-order valence-electron chi connectivity index (χ1n) is 12.0. The first kappa shape index (κ1) is 22.6. The van der Waals surface area contributed by atoms with Gasteiger partial charge in [-0.1, -0.05) is 44.7 Å². The van der Waals surface area contributed by atoms with Crippen LogP contribution in [0.3, 0.4) is 0 Å². The number of aromatic nitrogens is 6. The maximum absolute atomic E-state index is 14.5. The number of fused-ring (bicyclic) bond motifs is 2. The summed E-state index contributed by atoms with van der Waals surface area (Å²) in [5.41, 5.74) is 7.63. The molecule has 2 aromatic carbocycles. The van der Waals surface area contributed by atoms with Gasteiger partial charge in [0.25, 0.3) is 0 Å². The molecule has 0 saturated carbocycles. The smallest absolute Gasteiger partial charge is 0.178 e. The van der Waals surface area contributed by atoms with Gasteiger partial charge in [0.2, 0.25) is 0 Å². The number of hydrogen-bond donors (Lipinski definition) is 3. The predicted molar refractivity (Wildman–Crippen MR) is 145 cm³/mol. The summed E-state index contributed by atoms with van der Waals surface area (Å²) < 4.78 is 14.5. The number of rotatable bonds is 6. The molecule has 0 saturated heterocycles. The molecule has 0 radical (unpaired) electrons. The summed E-state index contributed by atoms with van der Waals surface area (Å²) in [6, 6.07) is 16.6. The molecule has 0 aliphatic carbocycles. The molecule has 0 spiro atoms. The van der Waals surface area contributed by atoms with E-state index < -0.39 is 0 Å². The fourth-order valence-corrected chi connectivity index (χ4v) is 4.30. The van der Waals surface area contributed by atoms with Crippen LogP contribution in [-0.2, 0) is 0 Å². The summed E-state index contributed by atoms with van der Waals surface area (Å²) in [4.78, 5) is 16.8. The highest BCUT2D eigenvalue weighted by Gasteiger charge is 2.17. The minimum atomic E-state index is -0.302. The lowest BCUT2D eigenvalue weighted by atomic mass is 10.0. The van der Waals surface area contributed by atoms with Gasteiger partial charge in [-0.05, 0) is 41.8 Å². The van der Waals surface area contributed by atoms with Gasteiger partial charge in [0.15, 0.2) is 11.5 Å². The van der Waals surface area contributed by atoms with Crippen molar-refractivity contribution in [1.82, 2.24) is 30.1 Å². The number of imidazole rings is 1. The number of H-pyrrole nitrogens is 2. The Hall–Kier alpha value is -4.85. The quantitative estimate of drug-likeness (QED) is 0.235. The van der Waals surface area contributed by atoms with E-state index in [9.17, 15) is 4.39 Å². The Morgan fingerprint density at radius 1 is 1.00 bits per heavy atom. The molecule has 0 aliphatic heterocycles. The summed E-state index contributed by atoms with van der Waals surface area (Å²) in [5.74, 6) is 0.561. The molecule has 8 heteroatoms. The van der Waals surface area contributed by atoms with Crippen molar-refractivity contribution in [3.63, 3.8) is 0 Å². The summed E-state index contributed by atoms with van der Waals surface area (Å²) in [7, 11) is 0. The highest BCUT2D eigenvalue weighted by atomic mass is 19.1. The predicted octanol–water partition coefficient (Wildman–Crippen LogP) is 6.95. The summed E-state index contributed by atoms with van der Waals surface area (Å²) in [6.45, 7) is 8.27. The van der Waals surface area contributed by atoms with E-state index in [0.29, 0.717) is 39.7 Å². The van der Waals surface area contributed by atoms with Crippen LogP contribution in [0, 0.1) is 11.7 Å². The van der Waals surface area contributed by atoms with E-state index in [1.165, 1.54) is 6.07 Å². The third-order valence-corrected chi connectivity index (χ3v) is 6.42. The number of nitrogens with one attached hydrogen (secondary N) is 3. The number of allylic oxidation sites excluding steroid dienone is 1. The lowest BCUT2D eigenvalue weighted by Crippen LogP contribution is -2.04. The third-order valence-electron chi connectivity index (χ3n) is 6.42. The number of halogens is 1. The van der Waals surface area contributed by atoms with E-state index in [1.807, 2.05) is 30.5 Å². The Kier molecular flexibility index (Phi) is 5.49. The van der Waals surface area contributed by atoms with Crippen molar-refractivity contribution in [2.24, 2.45) is 5.92 Å². The Labute approximate surface area is 212 Å². The fraction of sp³-hybridized carbons (Fsp3) is 0.103. The van der Waals surface area contributed by atoms with Crippen LogP contribution in [0.1, 0.15) is 13.8 Å². The average molecular weight is 490 g/mol. The van der Waals surface area contributed by atoms with E-state index >= 15 is 0 Å². The Balaban J connectivity index is 1.42. The standard InChI is InChI=1S/C29H24FN7/c1-16(2)17(3)33-20-12-19(14-31-15-20)18-8-9-25-23(13-18)27(37-36-25)29-34-26-22(10-11-32-28(26)35-29)21-6-4-5-7-24(21)30/h4-16,33H,3H2,1-2H3,(H,36,37)(H,32,34,35). The third kappa shape index (κ3) is 4.12. The van der Waals surface area contributed by atoms with Crippen molar-refractivity contribution >= 4 is 27.8 Å². The number of anilines is 1. The molecule has 0 amide bonds. The topological polar surface area (TPSA) is 95.2 Å². The molecule has 0 aliphatic rings. The van der Waals surface area contributed by atoms with Gasteiger partial charge >= 0.3 is 0 Å². The first-order chi connectivity index (χ1) is 18.0. The summed E-state index contributed by atoms with van der Waals surface area (Å²) >= 11 is 0. The highest BCUT2D eigenvalue weighted by molar-refractivity contribution is 5.97. The molecule has 6 rings (SSSR count). The van der Waals surface area contributed by atoms with Crippen LogP contribution in [0.2, 0.25) is 0 Å². The monoisotopic (exact) mass is 489 g/mol. The molecule has 0 fully saturated rings. The van der Waals surface area contributed by atoms with Gasteiger partial charge in [0, 0.05) is 40.2 Å². The van der Waals surface area contributed by atoms with Gasteiger partial charge in [-0.25, -0.2) is 14.4 Å². The Bertz CT molecular complexity index is 1780. The van der Waals surface area contributed by atoms with Gasteiger partial charge in [0.05, 0.1) is 22.9 Å². The number of benzene rings is 2. The normalized spacial score (nSPS) is 11.5. The Morgan fingerprint density at radius 2 is 1.86 bits per heavy atom. The molecular weight excluding hydrogens is 465 g/mol. The number of aromatic amines is 2. The molecule has 6 aromatic rings. The first-order valence-corrected chi connectivity index (χ1v) is 12.0. The van der Waals surface area contributed by atoms with Gasteiger partial charge in [-0.2, -0.15) is 5.10 Å². The number of nitrogens with zero attached hydrogens (tertiary/aromatic N) is 4. The minimum absolute atomic E-state index is 0.302. The molecule has 0 bridgehead atoms. The van der Waals surface area contributed by atoms with Crippen LogP contribution in [0.4, 0.5) is 10.1 Å². The van der Waals surface area contributed by atoms with Crippen LogP contribution < -0.4 is 5.32 Å². The zero-order valence-corrected chi connectivity index (χ0v) is 20.4. The lowest BCUT2D eigenvalue weighted by Gasteiger charge is -2.13.